The largest absolute Gasteiger partial charge is 0.495 e. The maximum Gasteiger partial charge on any atom is 0.270 e. The minimum atomic E-state index is -3.84. The number of nitrogens with one attached hydrogen (secondary N) is 2. The summed E-state index contributed by atoms with van der Waals surface area (Å²) in [5.74, 6) is -0.462. The van der Waals surface area contributed by atoms with E-state index in [1.54, 1.807) is 23.1 Å². The maximum absolute atomic E-state index is 13.2. The minimum Gasteiger partial charge on any atom is -0.495 e. The third kappa shape index (κ3) is 5.02. The van der Waals surface area contributed by atoms with Gasteiger partial charge in [0.1, 0.15) is 16.3 Å². The summed E-state index contributed by atoms with van der Waals surface area (Å²) in [6.45, 7) is 1.75. The Morgan fingerprint density at radius 3 is 2.61 bits per heavy atom. The van der Waals surface area contributed by atoms with Crippen LogP contribution in [-0.4, -0.2) is 67.7 Å². The van der Waals surface area contributed by atoms with Gasteiger partial charge in [-0.05, 0) is 49.9 Å². The van der Waals surface area contributed by atoms with Crippen molar-refractivity contribution in [3.05, 3.63) is 41.2 Å². The van der Waals surface area contributed by atoms with Crippen LogP contribution in [0.3, 0.4) is 0 Å². The van der Waals surface area contributed by atoms with Crippen molar-refractivity contribution in [2.75, 3.05) is 38.6 Å². The number of benzene rings is 1. The first-order chi connectivity index (χ1) is 15.8. The predicted molar refractivity (Wildman–Crippen MR) is 124 cm³/mol. The summed E-state index contributed by atoms with van der Waals surface area (Å²) in [4.78, 5) is 29.9. The number of anilines is 1. The van der Waals surface area contributed by atoms with E-state index in [1.165, 1.54) is 23.7 Å². The number of methoxy groups -OCH3 is 1. The van der Waals surface area contributed by atoms with E-state index in [0.717, 1.165) is 12.8 Å². The highest BCUT2D eigenvalue weighted by molar-refractivity contribution is 7.89. The van der Waals surface area contributed by atoms with Crippen LogP contribution in [0.25, 0.3) is 0 Å². The summed E-state index contributed by atoms with van der Waals surface area (Å²) in [5.41, 5.74) is 0.777. The van der Waals surface area contributed by atoms with Gasteiger partial charge in [0.25, 0.3) is 5.91 Å². The Morgan fingerprint density at radius 1 is 1.15 bits per heavy atom. The Bertz CT molecular complexity index is 1140. The van der Waals surface area contributed by atoms with Gasteiger partial charge in [-0.25, -0.2) is 8.42 Å². The van der Waals surface area contributed by atoms with Crippen molar-refractivity contribution < 1.29 is 22.7 Å². The fraction of sp³-hybridized carbons (Fsp3) is 0.455. The molecule has 33 heavy (non-hydrogen) atoms. The molecule has 2 amide bonds. The lowest BCUT2D eigenvalue weighted by Gasteiger charge is -2.31. The normalized spacial score (nSPS) is 19.5. The zero-order valence-electron chi connectivity index (χ0n) is 18.3. The van der Waals surface area contributed by atoms with E-state index in [2.05, 4.69) is 10.3 Å². The number of sulfonamides is 1. The van der Waals surface area contributed by atoms with Crippen molar-refractivity contribution in [3.8, 4) is 5.75 Å². The number of rotatable bonds is 6. The van der Waals surface area contributed by atoms with E-state index in [4.69, 9.17) is 16.3 Å². The Labute approximate surface area is 198 Å². The molecule has 2 aromatic rings. The first-order valence-electron chi connectivity index (χ1n) is 10.9. The summed E-state index contributed by atoms with van der Waals surface area (Å²) in [7, 11) is -2.33. The molecule has 3 heterocycles. The number of piperidine rings is 1. The SMILES string of the molecule is COc1ccc(NC(=O)C2CCCN(S(=O)(=O)c3c[nH]c(C(=O)N4CCCC4)c3)C2)cc1Cl. The quantitative estimate of drug-likeness (QED) is 0.641. The fourth-order valence-electron chi connectivity index (χ4n) is 4.25. The minimum absolute atomic E-state index is 0.0352. The molecular weight excluding hydrogens is 468 g/mol. The second kappa shape index (κ2) is 9.74. The molecule has 1 atom stereocenters. The van der Waals surface area contributed by atoms with E-state index >= 15 is 0 Å². The lowest BCUT2D eigenvalue weighted by molar-refractivity contribution is -0.120. The van der Waals surface area contributed by atoms with Crippen LogP contribution in [0.4, 0.5) is 5.69 Å². The molecule has 178 valence electrons. The highest BCUT2D eigenvalue weighted by atomic mass is 35.5. The number of carbonyl (C=O) groups is 2. The number of hydrogen-bond acceptors (Lipinski definition) is 5. The van der Waals surface area contributed by atoms with Crippen LogP contribution in [0.5, 0.6) is 5.75 Å². The molecule has 1 aromatic heterocycles. The summed E-state index contributed by atoms with van der Waals surface area (Å²) < 4.78 is 32.8. The first-order valence-corrected chi connectivity index (χ1v) is 12.7. The van der Waals surface area contributed by atoms with Crippen molar-refractivity contribution in [2.45, 2.75) is 30.6 Å². The van der Waals surface area contributed by atoms with Gasteiger partial charge in [0.15, 0.2) is 0 Å². The van der Waals surface area contributed by atoms with E-state index in [0.29, 0.717) is 48.9 Å². The van der Waals surface area contributed by atoms with E-state index in [1.807, 2.05) is 0 Å². The molecule has 4 rings (SSSR count). The molecule has 2 aliphatic heterocycles. The number of halogens is 1. The van der Waals surface area contributed by atoms with Crippen LogP contribution in [0.1, 0.15) is 36.2 Å². The van der Waals surface area contributed by atoms with E-state index in [9.17, 15) is 18.0 Å². The lowest BCUT2D eigenvalue weighted by atomic mass is 9.98. The molecule has 1 unspecified atom stereocenters. The van der Waals surface area contributed by atoms with Gasteiger partial charge >= 0.3 is 0 Å². The van der Waals surface area contributed by atoms with Gasteiger partial charge in [0.05, 0.1) is 18.1 Å². The van der Waals surface area contributed by atoms with Crippen molar-refractivity contribution in [3.63, 3.8) is 0 Å². The van der Waals surface area contributed by atoms with Crippen LogP contribution >= 0.6 is 11.6 Å². The number of ether oxygens (including phenoxy) is 1. The average Bonchev–Trinajstić information content (AvgIpc) is 3.52. The molecule has 1 aromatic carbocycles. The molecule has 9 nitrogen and oxygen atoms in total. The van der Waals surface area contributed by atoms with Gasteiger partial charge in [0.2, 0.25) is 15.9 Å². The van der Waals surface area contributed by atoms with Crippen molar-refractivity contribution in [1.82, 2.24) is 14.2 Å². The average molecular weight is 495 g/mol. The number of carbonyl (C=O) groups excluding carboxylic acids is 2. The summed E-state index contributed by atoms with van der Waals surface area (Å²) >= 11 is 6.12. The molecule has 2 aliphatic rings. The van der Waals surface area contributed by atoms with Gasteiger partial charge < -0.3 is 19.9 Å². The highest BCUT2D eigenvalue weighted by Crippen LogP contribution is 2.29. The first kappa shape index (κ1) is 23.6. The van der Waals surface area contributed by atoms with Crippen LogP contribution in [-0.2, 0) is 14.8 Å². The zero-order chi connectivity index (χ0) is 23.6. The summed E-state index contributed by atoms with van der Waals surface area (Å²) in [5, 5.41) is 3.18. The number of H-pyrrole nitrogens is 1. The van der Waals surface area contributed by atoms with Gasteiger partial charge in [0, 0.05) is 38.1 Å². The van der Waals surface area contributed by atoms with Crippen molar-refractivity contribution in [1.29, 1.82) is 0 Å². The van der Waals surface area contributed by atoms with Gasteiger partial charge in [-0.2, -0.15) is 4.31 Å². The van der Waals surface area contributed by atoms with Crippen LogP contribution < -0.4 is 10.1 Å². The zero-order valence-corrected chi connectivity index (χ0v) is 19.9. The molecule has 2 saturated heterocycles. The van der Waals surface area contributed by atoms with Gasteiger partial charge in [-0.1, -0.05) is 11.6 Å². The Balaban J connectivity index is 1.43. The number of amides is 2. The molecule has 2 N–H and O–H groups in total. The number of nitrogens with zero attached hydrogens (tertiary/aromatic N) is 2. The molecule has 2 fully saturated rings. The summed E-state index contributed by atoms with van der Waals surface area (Å²) in [6.07, 6.45) is 4.40. The smallest absolute Gasteiger partial charge is 0.270 e. The van der Waals surface area contributed by atoms with Crippen molar-refractivity contribution in [2.24, 2.45) is 5.92 Å². The molecule has 0 aliphatic carbocycles. The van der Waals surface area contributed by atoms with Crippen LogP contribution in [0, 0.1) is 5.92 Å². The summed E-state index contributed by atoms with van der Waals surface area (Å²) in [6, 6.07) is 6.31. The molecule has 0 saturated carbocycles. The Morgan fingerprint density at radius 2 is 1.91 bits per heavy atom. The highest BCUT2D eigenvalue weighted by Gasteiger charge is 2.34. The third-order valence-electron chi connectivity index (χ3n) is 6.09. The van der Waals surface area contributed by atoms with Gasteiger partial charge in [-0.15, -0.1) is 0 Å². The van der Waals surface area contributed by atoms with Crippen molar-refractivity contribution >= 4 is 39.1 Å². The molecule has 0 radical (unpaired) electrons. The molecule has 11 heteroatoms. The Hall–Kier alpha value is -2.56. The van der Waals surface area contributed by atoms with E-state index in [-0.39, 0.29) is 28.9 Å². The van der Waals surface area contributed by atoms with Crippen LogP contribution in [0.15, 0.2) is 35.4 Å². The van der Waals surface area contributed by atoms with Gasteiger partial charge in [-0.3, -0.25) is 9.59 Å². The lowest BCUT2D eigenvalue weighted by Crippen LogP contribution is -2.43. The standard InChI is InChI=1S/C22H27ClN4O5S/c1-32-20-7-6-16(11-18(20)23)25-21(28)15-5-4-10-27(14-15)33(30,31)17-12-19(24-13-17)22(29)26-8-2-3-9-26/h6-7,11-13,15,24H,2-5,8-10,14H2,1H3,(H,25,28). The molecular formula is C22H27ClN4O5S. The number of aromatic amines is 1. The molecule has 0 spiro atoms. The second-order valence-electron chi connectivity index (χ2n) is 8.29. The maximum atomic E-state index is 13.2. The number of aromatic nitrogens is 1. The second-order valence-corrected chi connectivity index (χ2v) is 10.6. The molecule has 0 bridgehead atoms. The number of likely N-dealkylation sites (tertiary alicyclic amines) is 1. The fourth-order valence-corrected chi connectivity index (χ4v) is 6.03. The Kier molecular flexibility index (Phi) is 6.96. The van der Waals surface area contributed by atoms with E-state index < -0.39 is 15.9 Å². The predicted octanol–water partition coefficient (Wildman–Crippen LogP) is 2.95. The number of hydrogen-bond donors (Lipinski definition) is 2. The topological polar surface area (TPSA) is 112 Å². The third-order valence-corrected chi connectivity index (χ3v) is 8.23. The van der Waals surface area contributed by atoms with Crippen LogP contribution in [0.2, 0.25) is 5.02 Å². The monoisotopic (exact) mass is 494 g/mol.